The molecular weight excluding hydrogens is 267 g/mol. The SMILES string of the molecule is NC(CCc1ccccc1)c1ncc(Cl)cc1Cl. The van der Waals surface area contributed by atoms with E-state index < -0.39 is 0 Å². The highest BCUT2D eigenvalue weighted by Crippen LogP contribution is 2.25. The number of nitrogens with two attached hydrogens (primary N) is 1. The fourth-order valence-corrected chi connectivity index (χ4v) is 2.32. The summed E-state index contributed by atoms with van der Waals surface area (Å²) in [5.41, 5.74) is 8.07. The highest BCUT2D eigenvalue weighted by molar-refractivity contribution is 6.34. The molecule has 1 unspecified atom stereocenters. The van der Waals surface area contributed by atoms with Crippen molar-refractivity contribution in [1.82, 2.24) is 4.98 Å². The van der Waals surface area contributed by atoms with E-state index in [1.165, 1.54) is 5.56 Å². The molecule has 0 aliphatic carbocycles. The molecule has 94 valence electrons. The number of aryl methyl sites for hydroxylation is 1. The Morgan fingerprint density at radius 3 is 2.56 bits per heavy atom. The minimum Gasteiger partial charge on any atom is -0.323 e. The summed E-state index contributed by atoms with van der Waals surface area (Å²) in [6, 6.07) is 11.7. The molecule has 0 aliphatic heterocycles. The monoisotopic (exact) mass is 280 g/mol. The molecule has 0 saturated heterocycles. The maximum atomic E-state index is 6.10. The van der Waals surface area contributed by atoms with Crippen molar-refractivity contribution >= 4 is 23.2 Å². The highest BCUT2D eigenvalue weighted by atomic mass is 35.5. The first-order valence-electron chi connectivity index (χ1n) is 5.77. The average molecular weight is 281 g/mol. The number of aromatic nitrogens is 1. The van der Waals surface area contributed by atoms with Crippen LogP contribution in [0.25, 0.3) is 0 Å². The third kappa shape index (κ3) is 3.45. The third-order valence-electron chi connectivity index (χ3n) is 2.77. The zero-order chi connectivity index (χ0) is 13.0. The van der Waals surface area contributed by atoms with Gasteiger partial charge >= 0.3 is 0 Å². The molecule has 0 saturated carbocycles. The fourth-order valence-electron chi connectivity index (χ4n) is 1.80. The first kappa shape index (κ1) is 13.3. The molecule has 2 nitrogen and oxygen atoms in total. The largest absolute Gasteiger partial charge is 0.323 e. The molecule has 1 aromatic carbocycles. The zero-order valence-electron chi connectivity index (χ0n) is 9.81. The van der Waals surface area contributed by atoms with Crippen LogP contribution in [-0.2, 0) is 6.42 Å². The van der Waals surface area contributed by atoms with Crippen molar-refractivity contribution in [3.05, 3.63) is 63.9 Å². The number of nitrogens with zero attached hydrogens (tertiary/aromatic N) is 1. The Bertz CT molecular complexity index is 514. The van der Waals surface area contributed by atoms with Gasteiger partial charge in [0.05, 0.1) is 15.7 Å². The molecule has 0 spiro atoms. The minimum absolute atomic E-state index is 0.171. The number of rotatable bonds is 4. The van der Waals surface area contributed by atoms with Gasteiger partial charge < -0.3 is 5.73 Å². The summed E-state index contributed by atoms with van der Waals surface area (Å²) in [6.45, 7) is 0. The van der Waals surface area contributed by atoms with E-state index in [1.54, 1.807) is 12.3 Å². The third-order valence-corrected chi connectivity index (χ3v) is 3.28. The first-order valence-corrected chi connectivity index (χ1v) is 6.53. The van der Waals surface area contributed by atoms with Crippen molar-refractivity contribution in [3.8, 4) is 0 Å². The van der Waals surface area contributed by atoms with E-state index in [4.69, 9.17) is 28.9 Å². The van der Waals surface area contributed by atoms with E-state index in [-0.39, 0.29) is 6.04 Å². The molecular formula is C14H14Cl2N2. The number of pyridine rings is 1. The Morgan fingerprint density at radius 2 is 1.89 bits per heavy atom. The van der Waals surface area contributed by atoms with Crippen LogP contribution in [0.5, 0.6) is 0 Å². The molecule has 2 rings (SSSR count). The van der Waals surface area contributed by atoms with Crippen LogP contribution in [-0.4, -0.2) is 4.98 Å². The predicted molar refractivity (Wildman–Crippen MR) is 75.9 cm³/mol. The van der Waals surface area contributed by atoms with Crippen molar-refractivity contribution < 1.29 is 0 Å². The average Bonchev–Trinajstić information content (AvgIpc) is 2.37. The molecule has 0 aliphatic rings. The van der Waals surface area contributed by atoms with Gasteiger partial charge in [-0.25, -0.2) is 0 Å². The lowest BCUT2D eigenvalue weighted by Gasteiger charge is -2.12. The van der Waals surface area contributed by atoms with Crippen molar-refractivity contribution in [2.24, 2.45) is 5.73 Å². The summed E-state index contributed by atoms with van der Waals surface area (Å²) < 4.78 is 0. The predicted octanol–water partition coefficient (Wildman–Crippen LogP) is 4.02. The smallest absolute Gasteiger partial charge is 0.0758 e. The van der Waals surface area contributed by atoms with Crippen LogP contribution in [0, 0.1) is 0 Å². The van der Waals surface area contributed by atoms with Gasteiger partial charge in [0, 0.05) is 12.2 Å². The maximum absolute atomic E-state index is 6.10. The van der Waals surface area contributed by atoms with Gasteiger partial charge in [-0.2, -0.15) is 0 Å². The van der Waals surface area contributed by atoms with Crippen LogP contribution >= 0.6 is 23.2 Å². The lowest BCUT2D eigenvalue weighted by molar-refractivity contribution is 0.633. The van der Waals surface area contributed by atoms with Gasteiger partial charge in [-0.05, 0) is 24.5 Å². The number of benzene rings is 1. The number of hydrogen-bond acceptors (Lipinski definition) is 2. The van der Waals surface area contributed by atoms with Crippen LogP contribution in [0.1, 0.15) is 23.7 Å². The highest BCUT2D eigenvalue weighted by Gasteiger charge is 2.12. The van der Waals surface area contributed by atoms with Crippen molar-refractivity contribution in [2.45, 2.75) is 18.9 Å². The number of halogens is 2. The quantitative estimate of drug-likeness (QED) is 0.919. The Labute approximate surface area is 117 Å². The summed E-state index contributed by atoms with van der Waals surface area (Å²) in [5.74, 6) is 0. The molecule has 0 amide bonds. The molecule has 0 fully saturated rings. The van der Waals surface area contributed by atoms with E-state index in [9.17, 15) is 0 Å². The van der Waals surface area contributed by atoms with E-state index in [1.807, 2.05) is 18.2 Å². The molecule has 1 aromatic heterocycles. The lowest BCUT2D eigenvalue weighted by Crippen LogP contribution is -2.13. The second-order valence-electron chi connectivity index (χ2n) is 4.15. The summed E-state index contributed by atoms with van der Waals surface area (Å²) in [7, 11) is 0. The van der Waals surface area contributed by atoms with Crippen LogP contribution < -0.4 is 5.73 Å². The van der Waals surface area contributed by atoms with E-state index in [0.717, 1.165) is 12.8 Å². The van der Waals surface area contributed by atoms with Gasteiger partial charge in [0.25, 0.3) is 0 Å². The minimum atomic E-state index is -0.171. The Morgan fingerprint density at radius 1 is 1.17 bits per heavy atom. The first-order chi connectivity index (χ1) is 8.66. The van der Waals surface area contributed by atoms with E-state index in [2.05, 4.69) is 17.1 Å². The molecule has 1 atom stereocenters. The molecule has 2 aromatic rings. The Balaban J connectivity index is 2.01. The summed E-state index contributed by atoms with van der Waals surface area (Å²) in [5, 5.41) is 1.06. The standard InChI is InChI=1S/C14H14Cl2N2/c15-11-8-12(16)14(18-9-11)13(17)7-6-10-4-2-1-3-5-10/h1-5,8-9,13H,6-7,17H2. The maximum Gasteiger partial charge on any atom is 0.0758 e. The van der Waals surface area contributed by atoms with Gasteiger partial charge in [0.1, 0.15) is 0 Å². The Hall–Kier alpha value is -1.09. The van der Waals surface area contributed by atoms with Gasteiger partial charge in [-0.3, -0.25) is 4.98 Å². The molecule has 2 N–H and O–H groups in total. The molecule has 0 radical (unpaired) electrons. The van der Waals surface area contributed by atoms with Gasteiger partial charge in [0.2, 0.25) is 0 Å². The van der Waals surface area contributed by atoms with Gasteiger partial charge in [-0.15, -0.1) is 0 Å². The molecule has 18 heavy (non-hydrogen) atoms. The van der Waals surface area contributed by atoms with E-state index in [0.29, 0.717) is 15.7 Å². The van der Waals surface area contributed by atoms with Gasteiger partial charge in [-0.1, -0.05) is 53.5 Å². The van der Waals surface area contributed by atoms with Crippen LogP contribution in [0.4, 0.5) is 0 Å². The Kier molecular flexibility index (Phi) is 4.59. The summed E-state index contributed by atoms with van der Waals surface area (Å²) in [4.78, 5) is 4.20. The van der Waals surface area contributed by atoms with Crippen LogP contribution in [0.15, 0.2) is 42.6 Å². The normalized spacial score (nSPS) is 12.4. The topological polar surface area (TPSA) is 38.9 Å². The van der Waals surface area contributed by atoms with E-state index >= 15 is 0 Å². The zero-order valence-corrected chi connectivity index (χ0v) is 11.3. The lowest BCUT2D eigenvalue weighted by atomic mass is 10.0. The fraction of sp³-hybridized carbons (Fsp3) is 0.214. The molecule has 0 bridgehead atoms. The summed E-state index contributed by atoms with van der Waals surface area (Å²) >= 11 is 11.9. The van der Waals surface area contributed by atoms with Crippen LogP contribution in [0.2, 0.25) is 10.0 Å². The van der Waals surface area contributed by atoms with Crippen molar-refractivity contribution in [3.63, 3.8) is 0 Å². The summed E-state index contributed by atoms with van der Waals surface area (Å²) in [6.07, 6.45) is 3.28. The second kappa shape index (κ2) is 6.19. The second-order valence-corrected chi connectivity index (χ2v) is 5.00. The molecule has 1 heterocycles. The van der Waals surface area contributed by atoms with Crippen molar-refractivity contribution in [2.75, 3.05) is 0 Å². The van der Waals surface area contributed by atoms with Crippen LogP contribution in [0.3, 0.4) is 0 Å². The number of hydrogen-bond donors (Lipinski definition) is 1. The molecule has 4 heteroatoms. The van der Waals surface area contributed by atoms with Gasteiger partial charge in [0.15, 0.2) is 0 Å². The van der Waals surface area contributed by atoms with Crippen molar-refractivity contribution in [1.29, 1.82) is 0 Å².